The highest BCUT2D eigenvalue weighted by Gasteiger charge is 1.97. The van der Waals surface area contributed by atoms with Crippen LogP contribution in [0.3, 0.4) is 0 Å². The number of benzene rings is 1. The highest BCUT2D eigenvalue weighted by Crippen LogP contribution is 2.15. The molecule has 1 aromatic rings. The van der Waals surface area contributed by atoms with E-state index < -0.39 is 5.82 Å². The first-order valence-electron chi connectivity index (χ1n) is 3.31. The highest BCUT2D eigenvalue weighted by molar-refractivity contribution is 6.30. The number of allylic oxidation sites excluding steroid dienone is 1. The van der Waals surface area contributed by atoms with Gasteiger partial charge in [-0.3, -0.25) is 4.79 Å². The Morgan fingerprint density at radius 1 is 1.42 bits per heavy atom. The van der Waals surface area contributed by atoms with Gasteiger partial charge < -0.3 is 0 Å². The second kappa shape index (κ2) is 4.02. The SMILES string of the molecule is O=CC=Cc1ccc(Cl)c(F)c1. The third kappa shape index (κ3) is 2.17. The molecule has 1 aromatic carbocycles. The molecule has 0 N–H and O–H groups in total. The fourth-order valence-electron chi connectivity index (χ4n) is 0.766. The molecular weight excluding hydrogens is 179 g/mol. The highest BCUT2D eigenvalue weighted by atomic mass is 35.5. The molecule has 0 bridgehead atoms. The third-order valence-corrected chi connectivity index (χ3v) is 1.62. The summed E-state index contributed by atoms with van der Waals surface area (Å²) in [6.07, 6.45) is 3.43. The Morgan fingerprint density at radius 3 is 2.75 bits per heavy atom. The summed E-state index contributed by atoms with van der Waals surface area (Å²) >= 11 is 5.45. The van der Waals surface area contributed by atoms with Gasteiger partial charge in [-0.15, -0.1) is 0 Å². The first-order valence-corrected chi connectivity index (χ1v) is 3.69. The lowest BCUT2D eigenvalue weighted by Crippen LogP contribution is -1.78. The van der Waals surface area contributed by atoms with E-state index in [-0.39, 0.29) is 5.02 Å². The lowest BCUT2D eigenvalue weighted by molar-refractivity contribution is -0.104. The molecular formula is C9H6ClFO. The lowest BCUT2D eigenvalue weighted by Gasteiger charge is -1.94. The standard InChI is InChI=1S/C9H6ClFO/c10-8-4-3-7(2-1-5-12)6-9(8)11/h1-6H. The molecule has 1 rings (SSSR count). The molecule has 0 saturated heterocycles. The van der Waals surface area contributed by atoms with Gasteiger partial charge in [0.25, 0.3) is 0 Å². The van der Waals surface area contributed by atoms with E-state index in [2.05, 4.69) is 0 Å². The predicted molar refractivity (Wildman–Crippen MR) is 46.5 cm³/mol. The molecule has 0 saturated carbocycles. The summed E-state index contributed by atoms with van der Waals surface area (Å²) < 4.78 is 12.8. The molecule has 0 radical (unpaired) electrons. The zero-order valence-electron chi connectivity index (χ0n) is 6.13. The molecule has 0 unspecified atom stereocenters. The Balaban J connectivity index is 2.96. The van der Waals surface area contributed by atoms with Crippen LogP contribution in [0.1, 0.15) is 5.56 Å². The second-order valence-electron chi connectivity index (χ2n) is 2.17. The second-order valence-corrected chi connectivity index (χ2v) is 2.58. The zero-order valence-corrected chi connectivity index (χ0v) is 6.88. The van der Waals surface area contributed by atoms with E-state index in [0.29, 0.717) is 11.8 Å². The van der Waals surface area contributed by atoms with Crippen LogP contribution in [0.15, 0.2) is 24.3 Å². The predicted octanol–water partition coefficient (Wildman–Crippen LogP) is 2.69. The van der Waals surface area contributed by atoms with Gasteiger partial charge in [0.05, 0.1) is 5.02 Å². The van der Waals surface area contributed by atoms with Crippen molar-refractivity contribution in [3.8, 4) is 0 Å². The number of halogens is 2. The summed E-state index contributed by atoms with van der Waals surface area (Å²) in [6, 6.07) is 4.34. The summed E-state index contributed by atoms with van der Waals surface area (Å²) in [5.41, 5.74) is 0.615. The minimum absolute atomic E-state index is 0.0817. The monoisotopic (exact) mass is 184 g/mol. The van der Waals surface area contributed by atoms with Gasteiger partial charge in [-0.1, -0.05) is 23.7 Å². The molecule has 12 heavy (non-hydrogen) atoms. The van der Waals surface area contributed by atoms with Crippen molar-refractivity contribution in [1.82, 2.24) is 0 Å². The van der Waals surface area contributed by atoms with Crippen molar-refractivity contribution in [2.75, 3.05) is 0 Å². The molecule has 0 aliphatic carbocycles. The van der Waals surface area contributed by atoms with E-state index >= 15 is 0 Å². The van der Waals surface area contributed by atoms with Gasteiger partial charge in [-0.25, -0.2) is 4.39 Å². The van der Waals surface area contributed by atoms with Crippen molar-refractivity contribution in [1.29, 1.82) is 0 Å². The minimum Gasteiger partial charge on any atom is -0.299 e. The van der Waals surface area contributed by atoms with E-state index in [9.17, 15) is 9.18 Å². The Labute approximate surface area is 74.5 Å². The average Bonchev–Trinajstić information content (AvgIpc) is 2.07. The van der Waals surface area contributed by atoms with Gasteiger partial charge in [0.1, 0.15) is 12.1 Å². The molecule has 0 aliphatic rings. The molecule has 0 amide bonds. The summed E-state index contributed by atoms with van der Waals surface area (Å²) in [6.45, 7) is 0. The Morgan fingerprint density at radius 2 is 2.17 bits per heavy atom. The molecule has 0 spiro atoms. The number of carbonyl (C=O) groups excluding carboxylic acids is 1. The van der Waals surface area contributed by atoms with E-state index in [1.165, 1.54) is 24.3 Å². The van der Waals surface area contributed by atoms with E-state index in [4.69, 9.17) is 11.6 Å². The molecule has 0 heterocycles. The van der Waals surface area contributed by atoms with E-state index in [1.807, 2.05) is 0 Å². The van der Waals surface area contributed by atoms with E-state index in [1.54, 1.807) is 6.07 Å². The van der Waals surface area contributed by atoms with Crippen LogP contribution in [-0.4, -0.2) is 6.29 Å². The van der Waals surface area contributed by atoms with Crippen LogP contribution in [0.25, 0.3) is 6.08 Å². The van der Waals surface area contributed by atoms with Crippen molar-refractivity contribution in [2.24, 2.45) is 0 Å². The Kier molecular flexibility index (Phi) is 3.00. The van der Waals surface area contributed by atoms with Crippen molar-refractivity contribution in [2.45, 2.75) is 0 Å². The van der Waals surface area contributed by atoms with Gasteiger partial charge in [0, 0.05) is 0 Å². The van der Waals surface area contributed by atoms with Crippen molar-refractivity contribution in [3.63, 3.8) is 0 Å². The Hall–Kier alpha value is -1.15. The average molecular weight is 185 g/mol. The molecule has 0 aliphatic heterocycles. The van der Waals surface area contributed by atoms with Crippen molar-refractivity contribution in [3.05, 3.63) is 40.7 Å². The molecule has 0 fully saturated rings. The maximum atomic E-state index is 12.8. The normalized spacial score (nSPS) is 10.5. The van der Waals surface area contributed by atoms with Crippen LogP contribution in [0.5, 0.6) is 0 Å². The first kappa shape index (κ1) is 8.94. The number of hydrogen-bond donors (Lipinski definition) is 0. The molecule has 62 valence electrons. The smallest absolute Gasteiger partial charge is 0.142 e. The number of rotatable bonds is 2. The zero-order chi connectivity index (χ0) is 8.97. The van der Waals surface area contributed by atoms with Crippen LogP contribution in [0, 0.1) is 5.82 Å². The summed E-state index contributed by atoms with van der Waals surface area (Å²) in [4.78, 5) is 9.92. The first-order chi connectivity index (χ1) is 5.74. The Bertz CT molecular complexity index is 320. The topological polar surface area (TPSA) is 17.1 Å². The van der Waals surface area contributed by atoms with Crippen molar-refractivity contribution >= 4 is 24.0 Å². The van der Waals surface area contributed by atoms with E-state index in [0.717, 1.165) is 0 Å². The van der Waals surface area contributed by atoms with Gasteiger partial charge >= 0.3 is 0 Å². The van der Waals surface area contributed by atoms with Gasteiger partial charge in [-0.05, 0) is 23.8 Å². The maximum absolute atomic E-state index is 12.8. The van der Waals surface area contributed by atoms with Crippen molar-refractivity contribution < 1.29 is 9.18 Å². The van der Waals surface area contributed by atoms with Crippen LogP contribution in [0.2, 0.25) is 5.02 Å². The number of aldehydes is 1. The summed E-state index contributed by atoms with van der Waals surface area (Å²) in [5, 5.41) is 0.0817. The molecule has 1 nitrogen and oxygen atoms in total. The van der Waals surface area contributed by atoms with Gasteiger partial charge in [-0.2, -0.15) is 0 Å². The number of carbonyl (C=O) groups is 1. The molecule has 0 atom stereocenters. The number of hydrogen-bond acceptors (Lipinski definition) is 1. The van der Waals surface area contributed by atoms with Crippen LogP contribution in [0.4, 0.5) is 4.39 Å². The minimum atomic E-state index is -0.482. The van der Waals surface area contributed by atoms with Crippen LogP contribution < -0.4 is 0 Å². The quantitative estimate of drug-likeness (QED) is 0.510. The lowest BCUT2D eigenvalue weighted by atomic mass is 10.2. The molecule has 0 aromatic heterocycles. The summed E-state index contributed by atoms with van der Waals surface area (Å²) in [5.74, 6) is -0.482. The largest absolute Gasteiger partial charge is 0.299 e. The third-order valence-electron chi connectivity index (χ3n) is 1.31. The summed E-state index contributed by atoms with van der Waals surface area (Å²) in [7, 11) is 0. The van der Waals surface area contributed by atoms with Crippen LogP contribution >= 0.6 is 11.6 Å². The van der Waals surface area contributed by atoms with Crippen LogP contribution in [-0.2, 0) is 4.79 Å². The van der Waals surface area contributed by atoms with Gasteiger partial charge in [0.15, 0.2) is 0 Å². The molecule has 3 heteroatoms. The van der Waals surface area contributed by atoms with Gasteiger partial charge in [0.2, 0.25) is 0 Å². The fourth-order valence-corrected chi connectivity index (χ4v) is 0.884. The fraction of sp³-hybridized carbons (Fsp3) is 0. The maximum Gasteiger partial charge on any atom is 0.142 e.